The van der Waals surface area contributed by atoms with Crippen LogP contribution in [0.25, 0.3) is 0 Å². The van der Waals surface area contributed by atoms with Crippen molar-refractivity contribution >= 4 is 28.5 Å². The van der Waals surface area contributed by atoms with Gasteiger partial charge in [-0.25, -0.2) is 9.78 Å². The smallest absolute Gasteiger partial charge is 0.422 e. The van der Waals surface area contributed by atoms with Crippen LogP contribution in [0.1, 0.15) is 12.8 Å². The van der Waals surface area contributed by atoms with Gasteiger partial charge in [-0.1, -0.05) is 0 Å². The van der Waals surface area contributed by atoms with Crippen molar-refractivity contribution < 1.29 is 27.5 Å². The van der Waals surface area contributed by atoms with E-state index >= 15 is 0 Å². The molecule has 6 nitrogen and oxygen atoms in total. The molecule has 1 aliphatic heterocycles. The summed E-state index contributed by atoms with van der Waals surface area (Å²) in [6, 6.07) is -0.824. The number of carbonyl (C=O) groups is 2. The molecule has 0 N–H and O–H groups in total. The SMILES string of the molecule is CN(C(=O)C1CCCN1C(=O)OCC(F)(F)F)c1nccs1. The van der Waals surface area contributed by atoms with Crippen molar-refractivity contribution in [1.29, 1.82) is 0 Å². The summed E-state index contributed by atoms with van der Waals surface area (Å²) in [5.41, 5.74) is 0. The Bertz CT molecular complexity index is 535. The quantitative estimate of drug-likeness (QED) is 0.849. The van der Waals surface area contributed by atoms with Crippen LogP contribution in [0.2, 0.25) is 0 Å². The fourth-order valence-corrected chi connectivity index (χ4v) is 2.78. The van der Waals surface area contributed by atoms with E-state index in [4.69, 9.17) is 0 Å². The molecule has 0 aliphatic carbocycles. The zero-order valence-corrected chi connectivity index (χ0v) is 12.5. The summed E-state index contributed by atoms with van der Waals surface area (Å²) in [7, 11) is 1.51. The van der Waals surface area contributed by atoms with Crippen LogP contribution in [0.5, 0.6) is 0 Å². The Hall–Kier alpha value is -1.84. The largest absolute Gasteiger partial charge is 0.440 e. The van der Waals surface area contributed by atoms with Crippen LogP contribution in [0.3, 0.4) is 0 Å². The maximum Gasteiger partial charge on any atom is 0.422 e. The molecule has 22 heavy (non-hydrogen) atoms. The van der Waals surface area contributed by atoms with Gasteiger partial charge in [0.25, 0.3) is 5.91 Å². The first kappa shape index (κ1) is 16.5. The summed E-state index contributed by atoms with van der Waals surface area (Å²) < 4.78 is 40.5. The molecule has 1 aromatic rings. The van der Waals surface area contributed by atoms with Gasteiger partial charge in [-0.15, -0.1) is 11.3 Å². The first-order valence-electron chi connectivity index (χ1n) is 6.47. The van der Waals surface area contributed by atoms with Crippen LogP contribution < -0.4 is 4.90 Å². The van der Waals surface area contributed by atoms with E-state index in [0.717, 1.165) is 4.90 Å². The van der Waals surface area contributed by atoms with E-state index in [2.05, 4.69) is 9.72 Å². The topological polar surface area (TPSA) is 62.7 Å². The maximum absolute atomic E-state index is 12.4. The molecule has 0 spiro atoms. The number of nitrogens with zero attached hydrogens (tertiary/aromatic N) is 3. The minimum absolute atomic E-state index is 0.193. The highest BCUT2D eigenvalue weighted by Gasteiger charge is 2.39. The molecule has 2 rings (SSSR count). The predicted molar refractivity (Wildman–Crippen MR) is 72.7 cm³/mol. The number of halogens is 3. The number of carbonyl (C=O) groups excluding carboxylic acids is 2. The maximum atomic E-state index is 12.4. The third-order valence-corrected chi connectivity index (χ3v) is 4.02. The van der Waals surface area contributed by atoms with Gasteiger partial charge in [-0.3, -0.25) is 14.6 Å². The number of aromatic nitrogens is 1. The number of likely N-dealkylation sites (tertiary alicyclic amines) is 1. The van der Waals surface area contributed by atoms with E-state index in [1.807, 2.05) is 0 Å². The average Bonchev–Trinajstić information content (AvgIpc) is 3.12. The van der Waals surface area contributed by atoms with Crippen molar-refractivity contribution in [2.45, 2.75) is 25.1 Å². The summed E-state index contributed by atoms with van der Waals surface area (Å²) >= 11 is 1.25. The first-order chi connectivity index (χ1) is 10.3. The Morgan fingerprint density at radius 2 is 2.27 bits per heavy atom. The zero-order chi connectivity index (χ0) is 16.3. The normalized spacial score (nSPS) is 18.4. The molecule has 1 saturated heterocycles. The van der Waals surface area contributed by atoms with E-state index in [0.29, 0.717) is 18.0 Å². The van der Waals surface area contributed by atoms with E-state index in [1.165, 1.54) is 29.5 Å². The van der Waals surface area contributed by atoms with Crippen LogP contribution in [-0.4, -0.2) is 54.3 Å². The number of alkyl halides is 3. The Balaban J connectivity index is 2.00. The van der Waals surface area contributed by atoms with Gasteiger partial charge >= 0.3 is 12.3 Å². The number of likely N-dealkylation sites (N-methyl/N-ethyl adjacent to an activating group) is 1. The summed E-state index contributed by atoms with van der Waals surface area (Å²) in [4.78, 5) is 30.4. The van der Waals surface area contributed by atoms with Gasteiger partial charge in [0, 0.05) is 25.2 Å². The molecule has 0 radical (unpaired) electrons. The van der Waals surface area contributed by atoms with Crippen molar-refractivity contribution in [1.82, 2.24) is 9.88 Å². The predicted octanol–water partition coefficient (Wildman–Crippen LogP) is 2.27. The Morgan fingerprint density at radius 1 is 1.55 bits per heavy atom. The van der Waals surface area contributed by atoms with Gasteiger partial charge in [0.2, 0.25) is 0 Å². The van der Waals surface area contributed by atoms with E-state index in [-0.39, 0.29) is 6.54 Å². The molecule has 1 fully saturated rings. The second-order valence-electron chi connectivity index (χ2n) is 4.73. The lowest BCUT2D eigenvalue weighted by atomic mass is 10.2. The first-order valence-corrected chi connectivity index (χ1v) is 7.35. The minimum atomic E-state index is -4.59. The molecule has 1 atom stereocenters. The standard InChI is InChI=1S/C12H14F3N3O3S/c1-17(10-16-4-6-22-10)9(19)8-3-2-5-18(8)11(20)21-7-12(13,14)15/h4,6,8H,2-3,5,7H2,1H3. The highest BCUT2D eigenvalue weighted by Crippen LogP contribution is 2.24. The fraction of sp³-hybridized carbons (Fsp3) is 0.583. The van der Waals surface area contributed by atoms with Crippen molar-refractivity contribution in [2.24, 2.45) is 0 Å². The molecule has 2 heterocycles. The zero-order valence-electron chi connectivity index (χ0n) is 11.7. The number of thiazole rings is 1. The number of anilines is 1. The van der Waals surface area contributed by atoms with Crippen molar-refractivity contribution in [2.75, 3.05) is 25.1 Å². The van der Waals surface area contributed by atoms with Crippen LogP contribution in [0, 0.1) is 0 Å². The summed E-state index contributed by atoms with van der Waals surface area (Å²) in [5.74, 6) is -0.392. The monoisotopic (exact) mass is 337 g/mol. The van der Waals surface area contributed by atoms with Crippen LogP contribution in [0.15, 0.2) is 11.6 Å². The van der Waals surface area contributed by atoms with Crippen molar-refractivity contribution in [3.63, 3.8) is 0 Å². The van der Waals surface area contributed by atoms with Gasteiger partial charge in [-0.2, -0.15) is 13.2 Å². The number of hydrogen-bond donors (Lipinski definition) is 0. The number of amides is 2. The van der Waals surface area contributed by atoms with E-state index in [9.17, 15) is 22.8 Å². The molecular formula is C12H14F3N3O3S. The molecule has 1 aromatic heterocycles. The summed E-state index contributed by atoms with van der Waals surface area (Å²) in [5, 5.41) is 2.16. The van der Waals surface area contributed by atoms with Crippen LogP contribution in [0.4, 0.5) is 23.1 Å². The Morgan fingerprint density at radius 3 is 2.86 bits per heavy atom. The molecule has 2 amide bonds. The lowest BCUT2D eigenvalue weighted by Crippen LogP contribution is -2.47. The van der Waals surface area contributed by atoms with E-state index < -0.39 is 30.8 Å². The Labute approximate surface area is 128 Å². The van der Waals surface area contributed by atoms with Gasteiger partial charge in [-0.05, 0) is 12.8 Å². The second-order valence-corrected chi connectivity index (χ2v) is 5.61. The third kappa shape index (κ3) is 3.87. The minimum Gasteiger partial charge on any atom is -0.440 e. The summed E-state index contributed by atoms with van der Waals surface area (Å²) in [6.07, 6.45) is -3.26. The van der Waals surface area contributed by atoms with Gasteiger partial charge in [0.1, 0.15) is 6.04 Å². The molecule has 0 aromatic carbocycles. The second kappa shape index (κ2) is 6.51. The highest BCUT2D eigenvalue weighted by molar-refractivity contribution is 7.13. The molecule has 0 bridgehead atoms. The summed E-state index contributed by atoms with van der Waals surface area (Å²) in [6.45, 7) is -1.47. The fourth-order valence-electron chi connectivity index (χ4n) is 2.17. The third-order valence-electron chi connectivity index (χ3n) is 3.17. The molecule has 10 heteroatoms. The lowest BCUT2D eigenvalue weighted by molar-refractivity contribution is -0.162. The van der Waals surface area contributed by atoms with Gasteiger partial charge in [0.15, 0.2) is 11.7 Å². The van der Waals surface area contributed by atoms with Gasteiger partial charge < -0.3 is 4.74 Å². The Kier molecular flexibility index (Phi) is 4.89. The average molecular weight is 337 g/mol. The lowest BCUT2D eigenvalue weighted by Gasteiger charge is -2.26. The van der Waals surface area contributed by atoms with Gasteiger partial charge in [0.05, 0.1) is 0 Å². The molecule has 1 aliphatic rings. The molecule has 122 valence electrons. The van der Waals surface area contributed by atoms with Crippen LogP contribution in [-0.2, 0) is 9.53 Å². The number of hydrogen-bond acceptors (Lipinski definition) is 5. The molecule has 1 unspecified atom stereocenters. The van der Waals surface area contributed by atoms with Crippen LogP contribution >= 0.6 is 11.3 Å². The number of ether oxygens (including phenoxy) is 1. The number of rotatable bonds is 3. The highest BCUT2D eigenvalue weighted by atomic mass is 32.1. The molecular weight excluding hydrogens is 323 g/mol. The van der Waals surface area contributed by atoms with E-state index in [1.54, 1.807) is 5.38 Å². The van der Waals surface area contributed by atoms with Crippen molar-refractivity contribution in [3.8, 4) is 0 Å². The van der Waals surface area contributed by atoms with Crippen molar-refractivity contribution in [3.05, 3.63) is 11.6 Å². The molecule has 0 saturated carbocycles.